The molecule has 0 aliphatic heterocycles. The Balaban J connectivity index is 1.29. The number of amides is 2. The molecule has 0 radical (unpaired) electrons. The van der Waals surface area contributed by atoms with Crippen molar-refractivity contribution >= 4 is 23.2 Å². The van der Waals surface area contributed by atoms with E-state index in [0.717, 1.165) is 42.0 Å². The van der Waals surface area contributed by atoms with Crippen molar-refractivity contribution in [2.24, 2.45) is 0 Å². The van der Waals surface area contributed by atoms with Gasteiger partial charge in [0.1, 0.15) is 28.9 Å². The first-order chi connectivity index (χ1) is 17.4. The highest BCUT2D eigenvalue weighted by Gasteiger charge is 2.28. The fraction of sp³-hybridized carbons (Fsp3) is 0.393. The lowest BCUT2D eigenvalue weighted by molar-refractivity contribution is -0.121. The molecular formula is C28H32FN3O3S. The van der Waals surface area contributed by atoms with Gasteiger partial charge in [0.25, 0.3) is 5.91 Å². The van der Waals surface area contributed by atoms with E-state index < -0.39 is 0 Å². The zero-order valence-corrected chi connectivity index (χ0v) is 21.4. The van der Waals surface area contributed by atoms with Gasteiger partial charge in [0.2, 0.25) is 5.91 Å². The number of carbonyl (C=O) groups is 2. The average Bonchev–Trinajstić information content (AvgIpc) is 3.35. The van der Waals surface area contributed by atoms with Gasteiger partial charge in [-0.05, 0) is 54.2 Å². The number of rotatable bonds is 9. The van der Waals surface area contributed by atoms with Gasteiger partial charge in [-0.3, -0.25) is 9.59 Å². The molecule has 1 heterocycles. The molecule has 2 N–H and O–H groups in total. The van der Waals surface area contributed by atoms with Gasteiger partial charge in [-0.15, -0.1) is 11.3 Å². The summed E-state index contributed by atoms with van der Waals surface area (Å²) in [6.45, 7) is 4.59. The molecule has 2 amide bonds. The summed E-state index contributed by atoms with van der Waals surface area (Å²) >= 11 is 1.39. The molecule has 2 atom stereocenters. The van der Waals surface area contributed by atoms with E-state index in [2.05, 4.69) is 41.6 Å². The Kier molecular flexibility index (Phi) is 8.70. The minimum absolute atomic E-state index is 0.137. The topological polar surface area (TPSA) is 80.3 Å². The molecule has 1 aromatic heterocycles. The molecule has 190 valence electrons. The van der Waals surface area contributed by atoms with Crippen LogP contribution < -0.4 is 15.4 Å². The van der Waals surface area contributed by atoms with E-state index in [1.54, 1.807) is 17.5 Å². The minimum atomic E-state index is -0.328. The van der Waals surface area contributed by atoms with Crippen LogP contribution in [0, 0.1) is 5.82 Å². The van der Waals surface area contributed by atoms with Crippen LogP contribution >= 0.6 is 11.3 Å². The highest BCUT2D eigenvalue weighted by atomic mass is 32.1. The standard InChI is InChI=1S/C28H32FN3O3S/c1-18(2)20-9-13-22(14-10-20)35-16-27-31-25(17-36-27)28(34)32-24-6-4-3-5-23(24)30-26(33)15-19-7-11-21(29)12-8-19/h7-14,17-18,23-24H,3-6,15-16H2,1-2H3,(H,30,33)(H,32,34). The minimum Gasteiger partial charge on any atom is -0.486 e. The zero-order valence-electron chi connectivity index (χ0n) is 20.6. The van der Waals surface area contributed by atoms with Crippen molar-refractivity contribution in [3.8, 4) is 5.75 Å². The molecule has 0 saturated heterocycles. The number of thiazole rings is 1. The quantitative estimate of drug-likeness (QED) is 0.406. The molecule has 1 fully saturated rings. The van der Waals surface area contributed by atoms with E-state index in [1.165, 1.54) is 29.0 Å². The number of ether oxygens (including phenoxy) is 1. The lowest BCUT2D eigenvalue weighted by Gasteiger charge is -2.32. The summed E-state index contributed by atoms with van der Waals surface area (Å²) in [7, 11) is 0. The van der Waals surface area contributed by atoms with E-state index in [9.17, 15) is 14.0 Å². The third-order valence-corrected chi connectivity index (χ3v) is 7.22. The monoisotopic (exact) mass is 509 g/mol. The Bertz CT molecular complexity index is 1160. The van der Waals surface area contributed by atoms with Gasteiger partial charge in [-0.25, -0.2) is 9.37 Å². The van der Waals surface area contributed by atoms with Gasteiger partial charge in [-0.2, -0.15) is 0 Å². The van der Waals surface area contributed by atoms with Crippen molar-refractivity contribution in [1.82, 2.24) is 15.6 Å². The van der Waals surface area contributed by atoms with Crippen LogP contribution in [0.25, 0.3) is 0 Å². The fourth-order valence-electron chi connectivity index (χ4n) is 4.34. The smallest absolute Gasteiger partial charge is 0.271 e. The Morgan fingerprint density at radius 3 is 2.36 bits per heavy atom. The van der Waals surface area contributed by atoms with Gasteiger partial charge in [0, 0.05) is 17.5 Å². The summed E-state index contributed by atoms with van der Waals surface area (Å²) in [5, 5.41) is 8.58. The molecule has 0 bridgehead atoms. The summed E-state index contributed by atoms with van der Waals surface area (Å²) in [6.07, 6.45) is 3.74. The second-order valence-electron chi connectivity index (χ2n) is 9.48. The maximum absolute atomic E-state index is 13.1. The molecule has 0 spiro atoms. The number of hydrogen-bond donors (Lipinski definition) is 2. The predicted octanol–water partition coefficient (Wildman–Crippen LogP) is 5.38. The molecule has 2 unspecified atom stereocenters. The molecule has 6 nitrogen and oxygen atoms in total. The number of halogens is 1. The molecule has 1 aliphatic carbocycles. The SMILES string of the molecule is CC(C)c1ccc(OCc2nc(C(=O)NC3CCCCC3NC(=O)Cc3ccc(F)cc3)cs2)cc1. The normalized spacial score (nSPS) is 17.6. The summed E-state index contributed by atoms with van der Waals surface area (Å²) in [6, 6.07) is 13.6. The highest BCUT2D eigenvalue weighted by Crippen LogP contribution is 2.22. The van der Waals surface area contributed by atoms with Gasteiger partial charge in [0.05, 0.1) is 6.42 Å². The molecule has 1 saturated carbocycles. The number of nitrogens with zero attached hydrogens (tertiary/aromatic N) is 1. The number of benzene rings is 2. The largest absolute Gasteiger partial charge is 0.486 e. The Morgan fingerprint density at radius 1 is 1.03 bits per heavy atom. The second kappa shape index (κ2) is 12.1. The lowest BCUT2D eigenvalue weighted by Crippen LogP contribution is -2.53. The first-order valence-electron chi connectivity index (χ1n) is 12.4. The zero-order chi connectivity index (χ0) is 25.5. The van der Waals surface area contributed by atoms with Crippen LogP contribution in [-0.2, 0) is 17.8 Å². The molecule has 4 rings (SSSR count). The van der Waals surface area contributed by atoms with Crippen molar-refractivity contribution in [2.45, 2.75) is 70.6 Å². The van der Waals surface area contributed by atoms with E-state index in [0.29, 0.717) is 18.2 Å². The van der Waals surface area contributed by atoms with Crippen LogP contribution in [0.1, 0.15) is 72.1 Å². The number of aromatic nitrogens is 1. The highest BCUT2D eigenvalue weighted by molar-refractivity contribution is 7.09. The van der Waals surface area contributed by atoms with E-state index in [-0.39, 0.29) is 36.1 Å². The van der Waals surface area contributed by atoms with Gasteiger partial charge in [0.15, 0.2) is 0 Å². The van der Waals surface area contributed by atoms with Crippen LogP contribution in [0.3, 0.4) is 0 Å². The van der Waals surface area contributed by atoms with Crippen LogP contribution in [0.5, 0.6) is 5.75 Å². The summed E-state index contributed by atoms with van der Waals surface area (Å²) in [4.78, 5) is 29.9. The molecule has 8 heteroatoms. The summed E-state index contributed by atoms with van der Waals surface area (Å²) < 4.78 is 19.0. The van der Waals surface area contributed by atoms with Crippen LogP contribution in [-0.4, -0.2) is 28.9 Å². The van der Waals surface area contributed by atoms with E-state index in [1.807, 2.05) is 12.1 Å². The molecule has 36 heavy (non-hydrogen) atoms. The Morgan fingerprint density at radius 2 is 1.69 bits per heavy atom. The average molecular weight is 510 g/mol. The molecule has 2 aromatic carbocycles. The van der Waals surface area contributed by atoms with Crippen LogP contribution in [0.4, 0.5) is 4.39 Å². The van der Waals surface area contributed by atoms with E-state index in [4.69, 9.17) is 4.74 Å². The first-order valence-corrected chi connectivity index (χ1v) is 13.3. The van der Waals surface area contributed by atoms with Gasteiger partial charge >= 0.3 is 0 Å². The van der Waals surface area contributed by atoms with Crippen LogP contribution in [0.15, 0.2) is 53.9 Å². The number of hydrogen-bond acceptors (Lipinski definition) is 5. The number of nitrogens with one attached hydrogen (secondary N) is 2. The van der Waals surface area contributed by atoms with Crippen molar-refractivity contribution < 1.29 is 18.7 Å². The predicted molar refractivity (Wildman–Crippen MR) is 139 cm³/mol. The van der Waals surface area contributed by atoms with E-state index >= 15 is 0 Å². The van der Waals surface area contributed by atoms with Crippen molar-refractivity contribution in [2.75, 3.05) is 0 Å². The second-order valence-corrected chi connectivity index (χ2v) is 10.4. The fourth-order valence-corrected chi connectivity index (χ4v) is 5.03. The molecular weight excluding hydrogens is 477 g/mol. The third kappa shape index (κ3) is 7.13. The molecule has 3 aromatic rings. The Hall–Kier alpha value is -3.26. The van der Waals surface area contributed by atoms with Crippen LogP contribution in [0.2, 0.25) is 0 Å². The van der Waals surface area contributed by atoms with Gasteiger partial charge in [-0.1, -0.05) is 51.0 Å². The van der Waals surface area contributed by atoms with Gasteiger partial charge < -0.3 is 15.4 Å². The third-order valence-electron chi connectivity index (χ3n) is 6.40. The first kappa shape index (κ1) is 25.8. The lowest BCUT2D eigenvalue weighted by atomic mass is 9.90. The number of carbonyl (C=O) groups excluding carboxylic acids is 2. The van der Waals surface area contributed by atoms with Crippen molar-refractivity contribution in [3.63, 3.8) is 0 Å². The van der Waals surface area contributed by atoms with Crippen molar-refractivity contribution in [3.05, 3.63) is 81.6 Å². The molecule has 1 aliphatic rings. The van der Waals surface area contributed by atoms with Crippen molar-refractivity contribution in [1.29, 1.82) is 0 Å². The summed E-state index contributed by atoms with van der Waals surface area (Å²) in [5.41, 5.74) is 2.36. The summed E-state index contributed by atoms with van der Waals surface area (Å²) in [5.74, 6) is 0.519. The maximum atomic E-state index is 13.1. The maximum Gasteiger partial charge on any atom is 0.271 e. The Labute approximate surface area is 215 Å².